The van der Waals surface area contributed by atoms with Crippen LogP contribution in [0, 0.1) is 0 Å². The molecule has 1 aliphatic heterocycles. The van der Waals surface area contributed by atoms with Crippen LogP contribution < -0.4 is 16.0 Å². The number of piperidine rings is 1. The van der Waals surface area contributed by atoms with Crippen LogP contribution in [0.2, 0.25) is 0 Å². The summed E-state index contributed by atoms with van der Waals surface area (Å²) >= 11 is 0. The Labute approximate surface area is 177 Å². The van der Waals surface area contributed by atoms with E-state index in [4.69, 9.17) is 4.74 Å². The van der Waals surface area contributed by atoms with Crippen molar-refractivity contribution in [2.45, 2.75) is 38.8 Å². The molecule has 1 fully saturated rings. The van der Waals surface area contributed by atoms with E-state index in [0.29, 0.717) is 19.1 Å². The lowest BCUT2D eigenvalue weighted by Crippen LogP contribution is -2.46. The molecule has 1 unspecified atom stereocenters. The number of aromatic nitrogens is 6. The third-order valence-electron chi connectivity index (χ3n) is 5.62. The SMILES string of the molecule is CCc1cnc(OC2CCCN(C(=O)Cn3cnc4c3c(=O)n(C)c(=O)n4C)C2)nc1. The third kappa shape index (κ3) is 3.94. The molecule has 0 aliphatic carbocycles. The van der Waals surface area contributed by atoms with E-state index >= 15 is 0 Å². The molecule has 11 heteroatoms. The molecule has 1 aliphatic rings. The summed E-state index contributed by atoms with van der Waals surface area (Å²) < 4.78 is 9.69. The Bertz CT molecular complexity index is 1230. The number of amides is 1. The lowest BCUT2D eigenvalue weighted by atomic mass is 10.1. The first-order chi connectivity index (χ1) is 14.9. The zero-order valence-electron chi connectivity index (χ0n) is 17.8. The van der Waals surface area contributed by atoms with E-state index in [0.717, 1.165) is 29.4 Å². The Kier molecular flexibility index (Phi) is 5.57. The van der Waals surface area contributed by atoms with Crippen molar-refractivity contribution in [2.75, 3.05) is 13.1 Å². The summed E-state index contributed by atoms with van der Waals surface area (Å²) in [6.07, 6.45) is 7.16. The van der Waals surface area contributed by atoms with E-state index in [1.165, 1.54) is 22.5 Å². The van der Waals surface area contributed by atoms with E-state index in [1.54, 1.807) is 24.3 Å². The number of fused-ring (bicyclic) bond motifs is 1. The summed E-state index contributed by atoms with van der Waals surface area (Å²) in [7, 11) is 2.95. The van der Waals surface area contributed by atoms with Gasteiger partial charge in [-0.25, -0.2) is 19.7 Å². The largest absolute Gasteiger partial charge is 0.458 e. The van der Waals surface area contributed by atoms with E-state index in [2.05, 4.69) is 15.0 Å². The summed E-state index contributed by atoms with van der Waals surface area (Å²) in [5.41, 5.74) is 0.583. The summed E-state index contributed by atoms with van der Waals surface area (Å²) in [6, 6.07) is 0.307. The number of ether oxygens (including phenoxy) is 1. The fraction of sp³-hybridized carbons (Fsp3) is 0.500. The predicted molar refractivity (Wildman–Crippen MR) is 112 cm³/mol. The van der Waals surface area contributed by atoms with Crippen LogP contribution in [0.1, 0.15) is 25.3 Å². The molecule has 1 saturated heterocycles. The minimum Gasteiger partial charge on any atom is -0.458 e. The van der Waals surface area contributed by atoms with Gasteiger partial charge in [-0.2, -0.15) is 0 Å². The molecule has 3 aromatic heterocycles. The molecule has 0 aromatic carbocycles. The highest BCUT2D eigenvalue weighted by Gasteiger charge is 2.26. The van der Waals surface area contributed by atoms with Crippen molar-refractivity contribution in [2.24, 2.45) is 14.1 Å². The molecule has 0 radical (unpaired) electrons. The standard InChI is InChI=1S/C20H25N7O4/c1-4-13-8-21-19(22-9-13)31-14-6-5-7-26(10-14)15(28)11-27-12-23-17-16(27)18(29)25(3)20(30)24(17)2/h8-9,12,14H,4-7,10-11H2,1-3H3. The molecule has 0 spiro atoms. The van der Waals surface area contributed by atoms with Crippen LogP contribution in [-0.4, -0.2) is 58.7 Å². The van der Waals surface area contributed by atoms with Gasteiger partial charge < -0.3 is 14.2 Å². The fourth-order valence-corrected chi connectivity index (χ4v) is 3.76. The fourth-order valence-electron chi connectivity index (χ4n) is 3.76. The summed E-state index contributed by atoms with van der Waals surface area (Å²) in [5, 5.41) is 0. The molecule has 0 saturated carbocycles. The van der Waals surface area contributed by atoms with Gasteiger partial charge in [0, 0.05) is 33.0 Å². The lowest BCUT2D eigenvalue weighted by Gasteiger charge is -2.32. The Balaban J connectivity index is 1.48. The molecule has 0 N–H and O–H groups in total. The smallest absolute Gasteiger partial charge is 0.332 e. The molecule has 4 heterocycles. The van der Waals surface area contributed by atoms with Crippen molar-refractivity contribution in [3.05, 3.63) is 45.1 Å². The zero-order chi connectivity index (χ0) is 22.1. The predicted octanol–water partition coefficient (Wildman–Crippen LogP) is -0.144. The number of nitrogens with zero attached hydrogens (tertiary/aromatic N) is 7. The van der Waals surface area contributed by atoms with E-state index in [9.17, 15) is 14.4 Å². The van der Waals surface area contributed by atoms with Gasteiger partial charge in [0.25, 0.3) is 5.56 Å². The molecular weight excluding hydrogens is 402 g/mol. The van der Waals surface area contributed by atoms with Crippen LogP contribution in [0.5, 0.6) is 6.01 Å². The molecule has 31 heavy (non-hydrogen) atoms. The van der Waals surface area contributed by atoms with Crippen LogP contribution in [0.15, 0.2) is 28.3 Å². The number of imidazole rings is 1. The Hall–Kier alpha value is -3.50. The highest BCUT2D eigenvalue weighted by Crippen LogP contribution is 2.16. The van der Waals surface area contributed by atoms with Crippen LogP contribution in [0.4, 0.5) is 0 Å². The number of carbonyl (C=O) groups excluding carboxylic acids is 1. The van der Waals surface area contributed by atoms with Gasteiger partial charge in [-0.05, 0) is 24.8 Å². The van der Waals surface area contributed by atoms with Gasteiger partial charge in [0.1, 0.15) is 12.6 Å². The number of likely N-dealkylation sites (tertiary alicyclic amines) is 1. The average molecular weight is 427 g/mol. The van der Waals surface area contributed by atoms with Gasteiger partial charge >= 0.3 is 11.7 Å². The van der Waals surface area contributed by atoms with Crippen molar-refractivity contribution in [3.63, 3.8) is 0 Å². The highest BCUT2D eigenvalue weighted by atomic mass is 16.5. The summed E-state index contributed by atoms with van der Waals surface area (Å²) in [5.74, 6) is -0.147. The van der Waals surface area contributed by atoms with E-state index in [-0.39, 0.29) is 29.7 Å². The van der Waals surface area contributed by atoms with Gasteiger partial charge in [-0.3, -0.25) is 18.7 Å². The maximum Gasteiger partial charge on any atom is 0.332 e. The van der Waals surface area contributed by atoms with Crippen LogP contribution in [-0.2, 0) is 31.9 Å². The Morgan fingerprint density at radius 3 is 2.61 bits per heavy atom. The first-order valence-electron chi connectivity index (χ1n) is 10.2. The molecule has 1 amide bonds. The topological polar surface area (TPSA) is 117 Å². The van der Waals surface area contributed by atoms with E-state index < -0.39 is 11.2 Å². The van der Waals surface area contributed by atoms with Gasteiger partial charge in [-0.1, -0.05) is 6.92 Å². The molecule has 164 valence electrons. The number of rotatable bonds is 5. The van der Waals surface area contributed by atoms with Gasteiger partial charge in [0.2, 0.25) is 5.91 Å². The minimum absolute atomic E-state index is 0.0433. The van der Waals surface area contributed by atoms with Crippen molar-refractivity contribution in [1.82, 2.24) is 33.6 Å². The van der Waals surface area contributed by atoms with Gasteiger partial charge in [0.15, 0.2) is 11.2 Å². The Morgan fingerprint density at radius 2 is 1.90 bits per heavy atom. The molecule has 3 aromatic rings. The summed E-state index contributed by atoms with van der Waals surface area (Å²) in [4.78, 5) is 51.9. The summed E-state index contributed by atoms with van der Waals surface area (Å²) in [6.45, 7) is 3.01. The van der Waals surface area contributed by atoms with Crippen LogP contribution >= 0.6 is 0 Å². The van der Waals surface area contributed by atoms with Gasteiger partial charge in [0.05, 0.1) is 12.9 Å². The van der Waals surface area contributed by atoms with Gasteiger partial charge in [-0.15, -0.1) is 0 Å². The molecule has 4 rings (SSSR count). The third-order valence-corrected chi connectivity index (χ3v) is 5.62. The number of hydrogen-bond donors (Lipinski definition) is 0. The first-order valence-corrected chi connectivity index (χ1v) is 10.2. The number of aryl methyl sites for hydroxylation is 2. The maximum absolute atomic E-state index is 13.0. The molecule has 1 atom stereocenters. The second-order valence-corrected chi connectivity index (χ2v) is 7.70. The van der Waals surface area contributed by atoms with Crippen molar-refractivity contribution in [3.8, 4) is 6.01 Å². The van der Waals surface area contributed by atoms with Crippen molar-refractivity contribution in [1.29, 1.82) is 0 Å². The lowest BCUT2D eigenvalue weighted by molar-refractivity contribution is -0.134. The average Bonchev–Trinajstić information content (AvgIpc) is 3.20. The molecule has 11 nitrogen and oxygen atoms in total. The molecule has 0 bridgehead atoms. The second kappa shape index (κ2) is 8.32. The normalized spacial score (nSPS) is 16.6. The first kappa shape index (κ1) is 20.8. The minimum atomic E-state index is -0.476. The van der Waals surface area contributed by atoms with Crippen molar-refractivity contribution < 1.29 is 9.53 Å². The Morgan fingerprint density at radius 1 is 1.16 bits per heavy atom. The number of hydrogen-bond acceptors (Lipinski definition) is 7. The molecular formula is C20H25N7O4. The second-order valence-electron chi connectivity index (χ2n) is 7.70. The zero-order valence-corrected chi connectivity index (χ0v) is 17.8. The maximum atomic E-state index is 13.0. The number of carbonyl (C=O) groups is 1. The van der Waals surface area contributed by atoms with Crippen molar-refractivity contribution >= 4 is 17.1 Å². The van der Waals surface area contributed by atoms with E-state index in [1.807, 2.05) is 6.92 Å². The van der Waals surface area contributed by atoms with Crippen LogP contribution in [0.3, 0.4) is 0 Å². The monoisotopic (exact) mass is 427 g/mol. The van der Waals surface area contributed by atoms with Crippen LogP contribution in [0.25, 0.3) is 11.2 Å². The highest BCUT2D eigenvalue weighted by molar-refractivity contribution is 5.79. The quantitative estimate of drug-likeness (QED) is 0.556.